The van der Waals surface area contributed by atoms with Crippen LogP contribution in [0.15, 0.2) is 47.4 Å². The number of amides is 1. The Labute approximate surface area is 234 Å². The first-order valence-electron chi connectivity index (χ1n) is 13.0. The van der Waals surface area contributed by atoms with Crippen LogP contribution in [0.4, 0.5) is 11.5 Å². The van der Waals surface area contributed by atoms with Crippen LogP contribution in [0.2, 0.25) is 0 Å². The fourth-order valence-corrected chi connectivity index (χ4v) is 6.90. The van der Waals surface area contributed by atoms with Gasteiger partial charge in [-0.3, -0.25) is 4.79 Å². The lowest BCUT2D eigenvalue weighted by Gasteiger charge is -2.34. The summed E-state index contributed by atoms with van der Waals surface area (Å²) >= 11 is 0. The number of methoxy groups -OCH3 is 3. The van der Waals surface area contributed by atoms with E-state index in [-0.39, 0.29) is 16.8 Å². The highest BCUT2D eigenvalue weighted by atomic mass is 32.2. The second-order valence-corrected chi connectivity index (χ2v) is 11.8. The third-order valence-electron chi connectivity index (χ3n) is 7.42. The fraction of sp³-hybridized carbons (Fsp3) is 0.393. The van der Waals surface area contributed by atoms with Gasteiger partial charge in [-0.2, -0.15) is 4.31 Å². The standard InChI is InChI=1S/C28H33N5O6S/c1-18-14-21-15-22(6-8-24(21)33(18)19(2)34)40(35,36)32-12-10-31(11-13-32)27-9-7-23(29-30-27)20-16-25(37-3)28(39-5)26(17-20)38-4/h6-9,15-18H,10-14H2,1-5H3. The van der Waals surface area contributed by atoms with Crippen molar-refractivity contribution in [3.05, 3.63) is 48.0 Å². The number of nitrogens with zero attached hydrogens (tertiary/aromatic N) is 5. The molecule has 0 radical (unpaired) electrons. The minimum atomic E-state index is -3.67. The molecule has 1 atom stereocenters. The smallest absolute Gasteiger partial charge is 0.243 e. The summed E-state index contributed by atoms with van der Waals surface area (Å²) in [5.74, 6) is 2.17. The van der Waals surface area contributed by atoms with Gasteiger partial charge in [0.2, 0.25) is 21.7 Å². The molecule has 212 valence electrons. The Kier molecular flexibility index (Phi) is 7.56. The van der Waals surface area contributed by atoms with Crippen LogP contribution in [0.25, 0.3) is 11.3 Å². The SMILES string of the molecule is COc1cc(-c2ccc(N3CCN(S(=O)(=O)c4ccc5c(c4)CC(C)N5C(C)=O)CC3)nn2)cc(OC)c1OC. The largest absolute Gasteiger partial charge is 0.493 e. The number of aromatic nitrogens is 2. The summed E-state index contributed by atoms with van der Waals surface area (Å²) in [5.41, 5.74) is 3.07. The van der Waals surface area contributed by atoms with Crippen molar-refractivity contribution in [2.24, 2.45) is 0 Å². The number of ether oxygens (including phenoxy) is 3. The number of piperazine rings is 1. The number of fused-ring (bicyclic) bond motifs is 1. The molecular formula is C28H33N5O6S. The molecule has 0 aliphatic carbocycles. The van der Waals surface area contributed by atoms with Crippen LogP contribution in [0.5, 0.6) is 17.2 Å². The minimum Gasteiger partial charge on any atom is -0.493 e. The first kappa shape index (κ1) is 27.7. The fourth-order valence-electron chi connectivity index (χ4n) is 5.43. The molecule has 1 saturated heterocycles. The summed E-state index contributed by atoms with van der Waals surface area (Å²) in [4.78, 5) is 16.0. The first-order valence-corrected chi connectivity index (χ1v) is 14.4. The molecule has 5 rings (SSSR count). The number of benzene rings is 2. The molecule has 3 aromatic rings. The third-order valence-corrected chi connectivity index (χ3v) is 9.31. The van der Waals surface area contributed by atoms with Crippen LogP contribution in [0.1, 0.15) is 19.4 Å². The van der Waals surface area contributed by atoms with Crippen LogP contribution < -0.4 is 24.0 Å². The van der Waals surface area contributed by atoms with Crippen LogP contribution in [-0.2, 0) is 21.2 Å². The topological polar surface area (TPSA) is 114 Å². The van der Waals surface area contributed by atoms with E-state index < -0.39 is 10.0 Å². The average Bonchev–Trinajstić information content (AvgIpc) is 3.31. The summed E-state index contributed by atoms with van der Waals surface area (Å²) in [6.07, 6.45) is 0.636. The number of rotatable bonds is 7. The van der Waals surface area contributed by atoms with E-state index in [0.29, 0.717) is 61.4 Å². The number of sulfonamides is 1. The first-order chi connectivity index (χ1) is 19.2. The summed E-state index contributed by atoms with van der Waals surface area (Å²) in [5, 5.41) is 8.81. The van der Waals surface area contributed by atoms with Crippen molar-refractivity contribution in [3.63, 3.8) is 0 Å². The summed E-state index contributed by atoms with van der Waals surface area (Å²) in [7, 11) is 0.994. The number of carbonyl (C=O) groups is 1. The zero-order valence-electron chi connectivity index (χ0n) is 23.2. The van der Waals surface area contributed by atoms with Gasteiger partial charge in [0.05, 0.1) is 31.9 Å². The van der Waals surface area contributed by atoms with Crippen molar-refractivity contribution < 1.29 is 27.4 Å². The number of carbonyl (C=O) groups excluding carboxylic acids is 1. The molecule has 2 aromatic carbocycles. The van der Waals surface area contributed by atoms with E-state index in [2.05, 4.69) is 10.2 Å². The lowest BCUT2D eigenvalue weighted by atomic mass is 10.1. The van der Waals surface area contributed by atoms with E-state index in [0.717, 1.165) is 16.8 Å². The van der Waals surface area contributed by atoms with E-state index >= 15 is 0 Å². The van der Waals surface area contributed by atoms with Crippen molar-refractivity contribution in [2.45, 2.75) is 31.2 Å². The second-order valence-electron chi connectivity index (χ2n) is 9.81. The molecule has 1 amide bonds. The van der Waals surface area contributed by atoms with Crippen LogP contribution >= 0.6 is 0 Å². The van der Waals surface area contributed by atoms with Crippen LogP contribution in [0.3, 0.4) is 0 Å². The van der Waals surface area contributed by atoms with Gasteiger partial charge in [-0.25, -0.2) is 8.42 Å². The zero-order valence-corrected chi connectivity index (χ0v) is 24.1. The van der Waals surface area contributed by atoms with Crippen LogP contribution in [-0.4, -0.2) is 82.4 Å². The van der Waals surface area contributed by atoms with E-state index in [1.54, 1.807) is 44.4 Å². The molecule has 1 fully saturated rings. The summed E-state index contributed by atoms with van der Waals surface area (Å²) in [6, 6.07) is 12.4. The molecule has 2 aliphatic heterocycles. The Balaban J connectivity index is 1.28. The highest BCUT2D eigenvalue weighted by Crippen LogP contribution is 2.41. The average molecular weight is 568 g/mol. The van der Waals surface area contributed by atoms with E-state index in [1.807, 2.05) is 36.1 Å². The van der Waals surface area contributed by atoms with Gasteiger partial charge in [0, 0.05) is 50.4 Å². The molecule has 2 aliphatic rings. The van der Waals surface area contributed by atoms with Crippen LogP contribution in [0, 0.1) is 0 Å². The Morgan fingerprint density at radius 3 is 2.12 bits per heavy atom. The van der Waals surface area contributed by atoms with Crippen molar-refractivity contribution in [2.75, 3.05) is 57.3 Å². The summed E-state index contributed by atoms with van der Waals surface area (Å²) < 4.78 is 44.7. The molecule has 1 aromatic heterocycles. The van der Waals surface area contributed by atoms with Gasteiger partial charge in [0.15, 0.2) is 17.3 Å². The normalized spacial score (nSPS) is 17.5. The highest BCUT2D eigenvalue weighted by Gasteiger charge is 2.33. The molecular weight excluding hydrogens is 534 g/mol. The van der Waals surface area contributed by atoms with Gasteiger partial charge < -0.3 is 24.0 Å². The highest BCUT2D eigenvalue weighted by molar-refractivity contribution is 7.89. The number of hydrogen-bond donors (Lipinski definition) is 0. The molecule has 0 spiro atoms. The van der Waals surface area contributed by atoms with E-state index in [1.165, 1.54) is 11.2 Å². The van der Waals surface area contributed by atoms with Crippen molar-refractivity contribution in [3.8, 4) is 28.5 Å². The molecule has 1 unspecified atom stereocenters. The Morgan fingerprint density at radius 2 is 1.57 bits per heavy atom. The second kappa shape index (κ2) is 10.9. The van der Waals surface area contributed by atoms with E-state index in [4.69, 9.17) is 14.2 Å². The maximum absolute atomic E-state index is 13.4. The Hall–Kier alpha value is -3.90. The molecule has 0 N–H and O–H groups in total. The predicted molar refractivity (Wildman–Crippen MR) is 151 cm³/mol. The van der Waals surface area contributed by atoms with Gasteiger partial charge in [-0.1, -0.05) is 0 Å². The van der Waals surface area contributed by atoms with Crippen molar-refractivity contribution >= 4 is 27.4 Å². The maximum Gasteiger partial charge on any atom is 0.243 e. The lowest BCUT2D eigenvalue weighted by Crippen LogP contribution is -2.49. The van der Waals surface area contributed by atoms with Gasteiger partial charge in [0.1, 0.15) is 0 Å². The number of hydrogen-bond acceptors (Lipinski definition) is 9. The lowest BCUT2D eigenvalue weighted by molar-refractivity contribution is -0.116. The zero-order chi connectivity index (χ0) is 28.6. The molecule has 40 heavy (non-hydrogen) atoms. The number of anilines is 2. The monoisotopic (exact) mass is 567 g/mol. The Bertz CT molecular complexity index is 1500. The summed E-state index contributed by atoms with van der Waals surface area (Å²) in [6.45, 7) is 5.11. The van der Waals surface area contributed by atoms with Gasteiger partial charge >= 0.3 is 0 Å². The Morgan fingerprint density at radius 1 is 0.900 bits per heavy atom. The molecule has 0 saturated carbocycles. The maximum atomic E-state index is 13.4. The van der Waals surface area contributed by atoms with Gasteiger partial charge in [-0.05, 0) is 61.4 Å². The molecule has 12 heteroatoms. The minimum absolute atomic E-state index is 0.00951. The molecule has 3 heterocycles. The van der Waals surface area contributed by atoms with Crippen molar-refractivity contribution in [1.82, 2.24) is 14.5 Å². The predicted octanol–water partition coefficient (Wildman–Crippen LogP) is 2.98. The molecule has 11 nitrogen and oxygen atoms in total. The van der Waals surface area contributed by atoms with Crippen molar-refractivity contribution in [1.29, 1.82) is 0 Å². The van der Waals surface area contributed by atoms with Gasteiger partial charge in [0.25, 0.3) is 0 Å². The van der Waals surface area contributed by atoms with Gasteiger partial charge in [-0.15, -0.1) is 10.2 Å². The third kappa shape index (κ3) is 4.92. The molecule has 0 bridgehead atoms. The van der Waals surface area contributed by atoms with E-state index in [9.17, 15) is 13.2 Å². The quantitative estimate of drug-likeness (QED) is 0.425.